The van der Waals surface area contributed by atoms with Gasteiger partial charge < -0.3 is 11.1 Å². The lowest BCUT2D eigenvalue weighted by molar-refractivity contribution is 0.0964. The molecule has 0 fully saturated rings. The van der Waals surface area contributed by atoms with E-state index in [2.05, 4.69) is 35.9 Å². The lowest BCUT2D eigenvalue weighted by atomic mass is 10.1. The maximum absolute atomic E-state index is 11.6. The molecule has 1 rings (SSSR count). The zero-order valence-electron chi connectivity index (χ0n) is 9.00. The molecule has 0 atom stereocenters. The van der Waals surface area contributed by atoms with Crippen molar-refractivity contribution in [1.29, 1.82) is 0 Å². The Balaban J connectivity index is 2.80. The van der Waals surface area contributed by atoms with Crippen LogP contribution in [0.15, 0.2) is 18.6 Å². The Bertz CT molecular complexity index is 367. The molecule has 82 valence electrons. The van der Waals surface area contributed by atoms with Crippen LogP contribution in [0.4, 0.5) is 0 Å². The van der Waals surface area contributed by atoms with Crippen LogP contribution >= 0.6 is 0 Å². The molecule has 0 radical (unpaired) electrons. The summed E-state index contributed by atoms with van der Waals surface area (Å²) < 4.78 is 0. The van der Waals surface area contributed by atoms with E-state index in [9.17, 15) is 4.79 Å². The number of nitrogens with one attached hydrogen (secondary N) is 2. The number of hydrogen-bond acceptors (Lipinski definition) is 3. The number of aromatic nitrogens is 2. The Morgan fingerprint density at radius 1 is 1.73 bits per heavy atom. The van der Waals surface area contributed by atoms with Crippen LogP contribution in [0, 0.1) is 5.92 Å². The number of nitrogens with two attached hydrogens (primary N) is 1. The van der Waals surface area contributed by atoms with E-state index in [1.807, 2.05) is 0 Å². The van der Waals surface area contributed by atoms with Gasteiger partial charge in [-0.2, -0.15) is 5.10 Å². The molecular weight excluding hydrogens is 192 g/mol. The zero-order valence-corrected chi connectivity index (χ0v) is 9.00. The van der Waals surface area contributed by atoms with Crippen molar-refractivity contribution in [2.45, 2.75) is 20.3 Å². The topological polar surface area (TPSA) is 83.8 Å². The van der Waals surface area contributed by atoms with Crippen molar-refractivity contribution in [3.63, 3.8) is 0 Å². The van der Waals surface area contributed by atoms with E-state index in [4.69, 9.17) is 5.73 Å². The van der Waals surface area contributed by atoms with Gasteiger partial charge in [0.25, 0.3) is 5.91 Å². The first kappa shape index (κ1) is 11.3. The van der Waals surface area contributed by atoms with E-state index in [-0.39, 0.29) is 11.7 Å². The summed E-state index contributed by atoms with van der Waals surface area (Å²) in [5, 5.41) is 9.10. The molecule has 0 aliphatic heterocycles. The Morgan fingerprint density at radius 2 is 2.40 bits per heavy atom. The van der Waals surface area contributed by atoms with Crippen LogP contribution < -0.4 is 11.1 Å². The van der Waals surface area contributed by atoms with Crippen LogP contribution in [0.2, 0.25) is 0 Å². The standard InChI is InChI=1S/C10H16N4O/c1-6(2)4-9-8(5-12-14-9)10(15)13-7(3)11/h5-6H,3-4,11H2,1-2H3,(H,12,14)(H,13,15). The van der Waals surface area contributed by atoms with E-state index < -0.39 is 0 Å². The number of carbonyl (C=O) groups is 1. The van der Waals surface area contributed by atoms with Crippen LogP contribution in [0.5, 0.6) is 0 Å². The fraction of sp³-hybridized carbons (Fsp3) is 0.400. The number of hydrogen-bond donors (Lipinski definition) is 3. The maximum atomic E-state index is 11.6. The van der Waals surface area contributed by atoms with E-state index in [0.717, 1.165) is 12.1 Å². The van der Waals surface area contributed by atoms with Crippen LogP contribution in [0.3, 0.4) is 0 Å². The van der Waals surface area contributed by atoms with E-state index >= 15 is 0 Å². The molecule has 0 aliphatic carbocycles. The van der Waals surface area contributed by atoms with Gasteiger partial charge in [0.15, 0.2) is 0 Å². The normalized spacial score (nSPS) is 10.3. The first-order valence-corrected chi connectivity index (χ1v) is 4.78. The van der Waals surface area contributed by atoms with E-state index in [0.29, 0.717) is 11.5 Å². The van der Waals surface area contributed by atoms with Crippen molar-refractivity contribution >= 4 is 5.91 Å². The molecule has 1 heterocycles. The molecule has 0 saturated heterocycles. The number of amides is 1. The first-order chi connectivity index (χ1) is 7.00. The second-order valence-corrected chi connectivity index (χ2v) is 3.84. The minimum Gasteiger partial charge on any atom is -0.386 e. The highest BCUT2D eigenvalue weighted by molar-refractivity contribution is 5.95. The highest BCUT2D eigenvalue weighted by Crippen LogP contribution is 2.10. The van der Waals surface area contributed by atoms with Gasteiger partial charge in [-0.3, -0.25) is 9.89 Å². The van der Waals surface area contributed by atoms with Crippen molar-refractivity contribution in [3.05, 3.63) is 29.9 Å². The Kier molecular flexibility index (Phi) is 3.49. The van der Waals surface area contributed by atoms with E-state index in [1.54, 1.807) is 0 Å². The predicted molar refractivity (Wildman–Crippen MR) is 57.9 cm³/mol. The zero-order chi connectivity index (χ0) is 11.4. The molecule has 4 N–H and O–H groups in total. The van der Waals surface area contributed by atoms with Crippen molar-refractivity contribution in [2.24, 2.45) is 11.7 Å². The third-order valence-corrected chi connectivity index (χ3v) is 1.85. The van der Waals surface area contributed by atoms with Gasteiger partial charge >= 0.3 is 0 Å². The Morgan fingerprint density at radius 3 is 2.93 bits per heavy atom. The maximum Gasteiger partial charge on any atom is 0.260 e. The molecule has 0 aromatic carbocycles. The summed E-state index contributed by atoms with van der Waals surface area (Å²) in [5.74, 6) is 0.321. The summed E-state index contributed by atoms with van der Waals surface area (Å²) in [5.41, 5.74) is 6.64. The van der Waals surface area contributed by atoms with Gasteiger partial charge in [-0.15, -0.1) is 0 Å². The van der Waals surface area contributed by atoms with E-state index in [1.165, 1.54) is 6.20 Å². The van der Waals surface area contributed by atoms with Gasteiger partial charge in [-0.05, 0) is 12.3 Å². The van der Waals surface area contributed by atoms with Crippen molar-refractivity contribution in [3.8, 4) is 0 Å². The summed E-state index contributed by atoms with van der Waals surface area (Å²) in [6.45, 7) is 7.56. The molecule has 15 heavy (non-hydrogen) atoms. The number of nitrogens with zero attached hydrogens (tertiary/aromatic N) is 1. The summed E-state index contributed by atoms with van der Waals surface area (Å²) in [6.07, 6.45) is 2.27. The lowest BCUT2D eigenvalue weighted by Crippen LogP contribution is -2.27. The highest BCUT2D eigenvalue weighted by atomic mass is 16.1. The van der Waals surface area contributed by atoms with Gasteiger partial charge in [0.2, 0.25) is 0 Å². The summed E-state index contributed by atoms with van der Waals surface area (Å²) in [7, 11) is 0. The molecule has 5 nitrogen and oxygen atoms in total. The van der Waals surface area contributed by atoms with Crippen molar-refractivity contribution in [2.75, 3.05) is 0 Å². The highest BCUT2D eigenvalue weighted by Gasteiger charge is 2.14. The number of H-pyrrole nitrogens is 1. The number of carbonyl (C=O) groups excluding carboxylic acids is 1. The van der Waals surface area contributed by atoms with Gasteiger partial charge in [-0.1, -0.05) is 20.4 Å². The molecule has 0 saturated carbocycles. The number of aromatic amines is 1. The lowest BCUT2D eigenvalue weighted by Gasteiger charge is -2.06. The average Bonchev–Trinajstić information content (AvgIpc) is 2.49. The molecular formula is C10H16N4O. The van der Waals surface area contributed by atoms with Gasteiger partial charge in [0.05, 0.1) is 17.6 Å². The average molecular weight is 208 g/mol. The predicted octanol–water partition coefficient (Wildman–Crippen LogP) is 0.768. The molecule has 5 heteroatoms. The van der Waals surface area contributed by atoms with Crippen LogP contribution in [-0.4, -0.2) is 16.1 Å². The quantitative estimate of drug-likeness (QED) is 0.683. The molecule has 0 aliphatic rings. The number of rotatable bonds is 4. The van der Waals surface area contributed by atoms with Gasteiger partial charge in [0, 0.05) is 5.69 Å². The van der Waals surface area contributed by atoms with Crippen LogP contribution in [-0.2, 0) is 6.42 Å². The largest absolute Gasteiger partial charge is 0.386 e. The third-order valence-electron chi connectivity index (χ3n) is 1.85. The Labute approximate surface area is 88.7 Å². The molecule has 0 unspecified atom stereocenters. The summed E-state index contributed by atoms with van der Waals surface area (Å²) in [4.78, 5) is 11.6. The van der Waals surface area contributed by atoms with Crippen LogP contribution in [0.25, 0.3) is 0 Å². The fourth-order valence-corrected chi connectivity index (χ4v) is 1.29. The molecule has 0 spiro atoms. The monoisotopic (exact) mass is 208 g/mol. The second-order valence-electron chi connectivity index (χ2n) is 3.84. The summed E-state index contributed by atoms with van der Waals surface area (Å²) in [6, 6.07) is 0. The molecule has 1 amide bonds. The molecule has 0 bridgehead atoms. The van der Waals surface area contributed by atoms with Crippen molar-refractivity contribution in [1.82, 2.24) is 15.5 Å². The van der Waals surface area contributed by atoms with Gasteiger partial charge in [-0.25, -0.2) is 0 Å². The fourth-order valence-electron chi connectivity index (χ4n) is 1.29. The third kappa shape index (κ3) is 3.12. The first-order valence-electron chi connectivity index (χ1n) is 4.78. The molecule has 1 aromatic heterocycles. The van der Waals surface area contributed by atoms with Gasteiger partial charge in [0.1, 0.15) is 0 Å². The van der Waals surface area contributed by atoms with Crippen LogP contribution in [0.1, 0.15) is 29.9 Å². The van der Waals surface area contributed by atoms with Crippen molar-refractivity contribution < 1.29 is 4.79 Å². The Hall–Kier alpha value is -1.78. The summed E-state index contributed by atoms with van der Waals surface area (Å²) >= 11 is 0. The minimum absolute atomic E-state index is 0.136. The second kappa shape index (κ2) is 4.63. The smallest absolute Gasteiger partial charge is 0.260 e. The SMILES string of the molecule is C=C(N)NC(=O)c1cn[nH]c1CC(C)C. The minimum atomic E-state index is -0.271. The molecule has 1 aromatic rings.